The van der Waals surface area contributed by atoms with Crippen LogP contribution in [0.2, 0.25) is 5.02 Å². The molecule has 0 unspecified atom stereocenters. The SMILES string of the molecule is O=C(OCc1ccccc1)N1CC[C@@H]2C[C@H]1c1ccc(Cl)cc12. The van der Waals surface area contributed by atoms with E-state index in [0.717, 1.165) is 30.0 Å². The quantitative estimate of drug-likeness (QED) is 0.784. The zero-order valence-corrected chi connectivity index (χ0v) is 13.5. The highest BCUT2D eigenvalue weighted by Crippen LogP contribution is 2.49. The number of hydrogen-bond donors (Lipinski definition) is 0. The van der Waals surface area contributed by atoms with Gasteiger partial charge in [-0.05, 0) is 47.6 Å². The lowest BCUT2D eigenvalue weighted by atomic mass is 9.96. The van der Waals surface area contributed by atoms with E-state index in [2.05, 4.69) is 12.1 Å². The van der Waals surface area contributed by atoms with Crippen LogP contribution in [0.5, 0.6) is 0 Å². The summed E-state index contributed by atoms with van der Waals surface area (Å²) in [6.07, 6.45) is 1.74. The van der Waals surface area contributed by atoms with Crippen LogP contribution in [-0.2, 0) is 11.3 Å². The molecule has 2 bridgehead atoms. The lowest BCUT2D eigenvalue weighted by Gasteiger charge is -2.32. The average molecular weight is 328 g/mol. The fraction of sp³-hybridized carbons (Fsp3) is 0.316. The summed E-state index contributed by atoms with van der Waals surface area (Å²) in [6, 6.07) is 15.9. The van der Waals surface area contributed by atoms with Gasteiger partial charge in [-0.1, -0.05) is 48.0 Å². The smallest absolute Gasteiger partial charge is 0.410 e. The molecule has 4 heteroatoms. The Morgan fingerprint density at radius 3 is 2.83 bits per heavy atom. The second-order valence-corrected chi connectivity index (χ2v) is 6.68. The molecule has 2 aliphatic rings. The molecule has 0 radical (unpaired) electrons. The Labute approximate surface area is 140 Å². The lowest BCUT2D eigenvalue weighted by Crippen LogP contribution is -2.37. The molecule has 4 rings (SSSR count). The third-order valence-electron chi connectivity index (χ3n) is 4.89. The van der Waals surface area contributed by atoms with Crippen molar-refractivity contribution in [2.45, 2.75) is 31.4 Å². The second-order valence-electron chi connectivity index (χ2n) is 6.24. The minimum atomic E-state index is -0.222. The van der Waals surface area contributed by atoms with Gasteiger partial charge in [0.2, 0.25) is 0 Å². The van der Waals surface area contributed by atoms with Crippen LogP contribution in [0.1, 0.15) is 41.5 Å². The summed E-state index contributed by atoms with van der Waals surface area (Å²) in [5, 5.41) is 0.773. The lowest BCUT2D eigenvalue weighted by molar-refractivity contribution is 0.0694. The molecule has 1 saturated heterocycles. The van der Waals surface area contributed by atoms with Gasteiger partial charge in [-0.3, -0.25) is 0 Å². The Morgan fingerprint density at radius 2 is 2.00 bits per heavy atom. The molecule has 23 heavy (non-hydrogen) atoms. The molecule has 1 heterocycles. The van der Waals surface area contributed by atoms with Crippen LogP contribution >= 0.6 is 11.6 Å². The molecule has 1 amide bonds. The predicted molar refractivity (Wildman–Crippen MR) is 89.5 cm³/mol. The van der Waals surface area contributed by atoms with Gasteiger partial charge in [-0.25, -0.2) is 4.79 Å². The van der Waals surface area contributed by atoms with Crippen molar-refractivity contribution in [2.24, 2.45) is 0 Å². The maximum absolute atomic E-state index is 12.5. The van der Waals surface area contributed by atoms with E-state index in [1.54, 1.807) is 0 Å². The van der Waals surface area contributed by atoms with Gasteiger partial charge in [-0.2, -0.15) is 0 Å². The van der Waals surface area contributed by atoms with E-state index in [1.807, 2.05) is 41.3 Å². The number of fused-ring (bicyclic) bond motifs is 5. The molecule has 2 aromatic carbocycles. The summed E-state index contributed by atoms with van der Waals surface area (Å²) >= 11 is 6.13. The van der Waals surface area contributed by atoms with E-state index >= 15 is 0 Å². The first-order valence-corrected chi connectivity index (χ1v) is 8.37. The van der Waals surface area contributed by atoms with Crippen LogP contribution in [-0.4, -0.2) is 17.5 Å². The first-order chi connectivity index (χ1) is 11.2. The predicted octanol–water partition coefficient (Wildman–Crippen LogP) is 4.91. The number of carbonyl (C=O) groups excluding carboxylic acids is 1. The largest absolute Gasteiger partial charge is 0.445 e. The number of halogens is 1. The highest BCUT2D eigenvalue weighted by Gasteiger charge is 2.41. The van der Waals surface area contributed by atoms with Crippen molar-refractivity contribution >= 4 is 17.7 Å². The van der Waals surface area contributed by atoms with Gasteiger partial charge in [0, 0.05) is 11.6 Å². The summed E-state index contributed by atoms with van der Waals surface area (Å²) < 4.78 is 5.52. The normalized spacial score (nSPS) is 21.9. The number of hydrogen-bond acceptors (Lipinski definition) is 2. The second kappa shape index (κ2) is 5.89. The molecule has 0 saturated carbocycles. The highest BCUT2D eigenvalue weighted by atomic mass is 35.5. The Hall–Kier alpha value is -2.00. The Morgan fingerprint density at radius 1 is 1.17 bits per heavy atom. The first kappa shape index (κ1) is 14.6. The molecular weight excluding hydrogens is 310 g/mol. The molecule has 2 atom stereocenters. The maximum Gasteiger partial charge on any atom is 0.410 e. The first-order valence-electron chi connectivity index (χ1n) is 7.99. The van der Waals surface area contributed by atoms with Crippen molar-refractivity contribution in [3.05, 3.63) is 70.2 Å². The molecular formula is C19H18ClNO2. The minimum absolute atomic E-state index is 0.129. The van der Waals surface area contributed by atoms with Gasteiger partial charge in [0.05, 0.1) is 6.04 Å². The van der Waals surface area contributed by atoms with Crippen LogP contribution in [0.25, 0.3) is 0 Å². The molecule has 0 aromatic heterocycles. The third kappa shape index (κ3) is 2.70. The molecule has 1 fully saturated rings. The van der Waals surface area contributed by atoms with Crippen molar-refractivity contribution in [1.82, 2.24) is 4.90 Å². The zero-order chi connectivity index (χ0) is 15.8. The van der Waals surface area contributed by atoms with Crippen LogP contribution in [0.4, 0.5) is 4.79 Å². The van der Waals surface area contributed by atoms with Crippen molar-refractivity contribution < 1.29 is 9.53 Å². The molecule has 3 nitrogen and oxygen atoms in total. The van der Waals surface area contributed by atoms with Gasteiger partial charge in [0.15, 0.2) is 0 Å². The van der Waals surface area contributed by atoms with Crippen molar-refractivity contribution in [1.29, 1.82) is 0 Å². The van der Waals surface area contributed by atoms with Crippen LogP contribution in [0.15, 0.2) is 48.5 Å². The van der Waals surface area contributed by atoms with Gasteiger partial charge >= 0.3 is 6.09 Å². The van der Waals surface area contributed by atoms with Crippen molar-refractivity contribution in [3.8, 4) is 0 Å². The third-order valence-corrected chi connectivity index (χ3v) is 5.12. The van der Waals surface area contributed by atoms with Gasteiger partial charge in [-0.15, -0.1) is 0 Å². The Bertz CT molecular complexity index is 731. The molecule has 0 spiro atoms. The average Bonchev–Trinajstić information content (AvgIpc) is 2.86. The maximum atomic E-state index is 12.5. The van der Waals surface area contributed by atoms with Crippen molar-refractivity contribution in [2.75, 3.05) is 6.54 Å². The Kier molecular flexibility index (Phi) is 3.74. The molecule has 2 aromatic rings. The standard InChI is InChI=1S/C19H18ClNO2/c20-15-6-7-16-17(11-15)14-8-9-21(18(16)10-14)19(22)23-12-13-4-2-1-3-5-13/h1-7,11,14,18H,8-10,12H2/t14-,18+/m1/s1. The number of amides is 1. The van der Waals surface area contributed by atoms with Gasteiger partial charge in [0.1, 0.15) is 6.61 Å². The number of benzene rings is 2. The van der Waals surface area contributed by atoms with Crippen LogP contribution < -0.4 is 0 Å². The van der Waals surface area contributed by atoms with Crippen molar-refractivity contribution in [3.63, 3.8) is 0 Å². The fourth-order valence-electron chi connectivity index (χ4n) is 3.77. The monoisotopic (exact) mass is 327 g/mol. The number of nitrogens with zero attached hydrogens (tertiary/aromatic N) is 1. The van der Waals surface area contributed by atoms with Crippen LogP contribution in [0, 0.1) is 0 Å². The van der Waals surface area contributed by atoms with E-state index in [1.165, 1.54) is 11.1 Å². The molecule has 1 aliphatic heterocycles. The number of ether oxygens (including phenoxy) is 1. The van der Waals surface area contributed by atoms with E-state index < -0.39 is 0 Å². The van der Waals surface area contributed by atoms with E-state index in [-0.39, 0.29) is 12.1 Å². The molecule has 118 valence electrons. The Balaban J connectivity index is 1.49. The summed E-state index contributed by atoms with van der Waals surface area (Å²) in [7, 11) is 0. The van der Waals surface area contributed by atoms with Gasteiger partial charge < -0.3 is 9.64 Å². The highest BCUT2D eigenvalue weighted by molar-refractivity contribution is 6.30. The van der Waals surface area contributed by atoms with Crippen LogP contribution in [0.3, 0.4) is 0 Å². The number of likely N-dealkylation sites (tertiary alicyclic amines) is 1. The molecule has 0 N–H and O–H groups in total. The molecule has 1 aliphatic carbocycles. The number of piperidine rings is 1. The minimum Gasteiger partial charge on any atom is -0.445 e. The zero-order valence-electron chi connectivity index (χ0n) is 12.7. The topological polar surface area (TPSA) is 29.5 Å². The summed E-state index contributed by atoms with van der Waals surface area (Å²) in [5.41, 5.74) is 3.55. The summed E-state index contributed by atoms with van der Waals surface area (Å²) in [5.74, 6) is 0.520. The summed E-state index contributed by atoms with van der Waals surface area (Å²) in [4.78, 5) is 14.4. The van der Waals surface area contributed by atoms with E-state index in [9.17, 15) is 4.79 Å². The number of carbonyl (C=O) groups is 1. The van der Waals surface area contributed by atoms with E-state index in [4.69, 9.17) is 16.3 Å². The van der Waals surface area contributed by atoms with Gasteiger partial charge in [0.25, 0.3) is 0 Å². The fourth-order valence-corrected chi connectivity index (χ4v) is 3.95. The summed E-state index contributed by atoms with van der Waals surface area (Å²) in [6.45, 7) is 1.06. The van der Waals surface area contributed by atoms with E-state index in [0.29, 0.717) is 12.5 Å². The number of rotatable bonds is 2.